The molecule has 0 rings (SSSR count). The molecule has 0 aliphatic heterocycles. The maximum absolute atomic E-state index is 9.63. The normalized spacial score (nSPS) is 11.3. The Hall–Kier alpha value is 2.05. The molecule has 0 atom stereocenters. The number of hydrogen-bond acceptors (Lipinski definition) is 3. The second-order valence-corrected chi connectivity index (χ2v) is 3.68. The van der Waals surface area contributed by atoms with Crippen LogP contribution in [0.4, 0.5) is 0 Å². The Balaban J connectivity index is -0.000000320. The Bertz CT molecular complexity index is 157. The number of phosphoric acid groups is 2. The van der Waals surface area contributed by atoms with Crippen LogP contribution < -0.4 is 0 Å². The third kappa shape index (κ3) is 18.8. The molecule has 0 aromatic rings. The fourth-order valence-electron chi connectivity index (χ4n) is 0.139. The molecule has 0 radical (unpaired) electrons. The first-order valence-electron chi connectivity index (χ1n) is 1.53. The number of hydrogen-bond donors (Lipinski definition) is 4. The van der Waals surface area contributed by atoms with Gasteiger partial charge in [-0.3, -0.25) is 0 Å². The van der Waals surface area contributed by atoms with E-state index in [0.717, 1.165) is 0 Å². The van der Waals surface area contributed by atoms with Gasteiger partial charge in [-0.05, 0) is 0 Å². The van der Waals surface area contributed by atoms with Crippen molar-refractivity contribution >= 4 is 70.7 Å². The van der Waals surface area contributed by atoms with Crippen LogP contribution in [0.1, 0.15) is 0 Å². The van der Waals surface area contributed by atoms with Crippen LogP contribution in [0.2, 0.25) is 0 Å². The first kappa shape index (κ1) is 18.8. The standard InChI is InChI=1S/Al.Ca.H4O7P2.5H/c;;1-8(2,3)7-9(4,5)6;;;;;/h;;(H2,1,2,3)(H2,4,5,6);;;;;. The predicted octanol–water partition coefficient (Wildman–Crippen LogP) is -2.91. The van der Waals surface area contributed by atoms with Crippen molar-refractivity contribution in [3.05, 3.63) is 0 Å². The first-order valence-corrected chi connectivity index (χ1v) is 4.59. The van der Waals surface area contributed by atoms with Crippen LogP contribution in [0.3, 0.4) is 0 Å². The van der Waals surface area contributed by atoms with Gasteiger partial charge in [0.25, 0.3) is 0 Å². The van der Waals surface area contributed by atoms with Gasteiger partial charge in [-0.25, -0.2) is 9.13 Å². The zero-order valence-electron chi connectivity index (χ0n) is 3.91. The Morgan fingerprint density at radius 2 is 1.09 bits per heavy atom. The molecule has 0 unspecified atom stereocenters. The van der Waals surface area contributed by atoms with Crippen molar-refractivity contribution in [3.8, 4) is 0 Å². The van der Waals surface area contributed by atoms with Gasteiger partial charge in [-0.1, -0.05) is 0 Å². The Kier molecular flexibility index (Phi) is 11.1. The zero-order chi connectivity index (χ0) is 7.71. The van der Waals surface area contributed by atoms with E-state index in [1.54, 1.807) is 0 Å². The molecule has 7 nitrogen and oxygen atoms in total. The number of rotatable bonds is 2. The molecule has 0 bridgehead atoms. The summed E-state index contributed by atoms with van der Waals surface area (Å²) in [7, 11) is -10.1. The summed E-state index contributed by atoms with van der Waals surface area (Å²) < 4.78 is 22.2. The predicted molar refractivity (Wildman–Crippen MR) is 43.7 cm³/mol. The molecule has 0 aliphatic carbocycles. The zero-order valence-corrected chi connectivity index (χ0v) is 5.70. The Morgan fingerprint density at radius 3 is 1.09 bits per heavy atom. The van der Waals surface area contributed by atoms with Crippen molar-refractivity contribution in [2.24, 2.45) is 0 Å². The average Bonchev–Trinajstić information content (AvgIpc) is 1.14. The van der Waals surface area contributed by atoms with Gasteiger partial charge in [-0.2, -0.15) is 4.31 Å². The minimum absolute atomic E-state index is 0. The van der Waals surface area contributed by atoms with Crippen molar-refractivity contribution in [2.75, 3.05) is 0 Å². The Labute approximate surface area is 103 Å². The second kappa shape index (κ2) is 6.50. The fraction of sp³-hybridized carbons (Fsp3) is 0. The molecule has 66 valence electrons. The maximum atomic E-state index is 9.63. The summed E-state index contributed by atoms with van der Waals surface area (Å²) in [5.74, 6) is 0. The van der Waals surface area contributed by atoms with E-state index in [9.17, 15) is 9.13 Å². The van der Waals surface area contributed by atoms with Crippen LogP contribution in [0, 0.1) is 0 Å². The van der Waals surface area contributed by atoms with Crippen molar-refractivity contribution in [2.45, 2.75) is 0 Å². The molecule has 0 saturated carbocycles. The van der Waals surface area contributed by atoms with Crippen molar-refractivity contribution in [1.82, 2.24) is 0 Å². The van der Waals surface area contributed by atoms with Gasteiger partial charge >= 0.3 is 53.4 Å². The van der Waals surface area contributed by atoms with Crippen molar-refractivity contribution < 1.29 is 33.0 Å². The van der Waals surface area contributed by atoms with E-state index in [-0.39, 0.29) is 55.1 Å². The Morgan fingerprint density at radius 1 is 0.909 bits per heavy atom. The van der Waals surface area contributed by atoms with Gasteiger partial charge < -0.3 is 19.6 Å². The van der Waals surface area contributed by atoms with E-state index in [2.05, 4.69) is 4.31 Å². The molecule has 0 amide bonds. The molecular weight excluding hydrogens is 241 g/mol. The van der Waals surface area contributed by atoms with Gasteiger partial charge in [0.05, 0.1) is 0 Å². The molecule has 0 aromatic carbocycles. The van der Waals surface area contributed by atoms with Crippen LogP contribution in [-0.4, -0.2) is 74.7 Å². The van der Waals surface area contributed by atoms with E-state index in [1.807, 2.05) is 0 Å². The second-order valence-electron chi connectivity index (χ2n) is 1.06. The van der Waals surface area contributed by atoms with Crippen LogP contribution in [0.25, 0.3) is 0 Å². The topological polar surface area (TPSA) is 124 Å². The van der Waals surface area contributed by atoms with E-state index in [4.69, 9.17) is 19.6 Å². The third-order valence-electron chi connectivity index (χ3n) is 0.213. The monoisotopic (exact) mass is 250 g/mol. The van der Waals surface area contributed by atoms with Gasteiger partial charge in [0, 0.05) is 0 Å². The minimum atomic E-state index is -5.05. The molecule has 0 aromatic heterocycles. The summed E-state index contributed by atoms with van der Waals surface area (Å²) in [4.78, 5) is 31.0. The molecule has 0 aliphatic rings. The summed E-state index contributed by atoms with van der Waals surface area (Å²) in [5, 5.41) is 0. The first-order chi connectivity index (χ1) is 3.71. The molecule has 0 spiro atoms. The summed E-state index contributed by atoms with van der Waals surface area (Å²) in [5.41, 5.74) is 0. The van der Waals surface area contributed by atoms with Gasteiger partial charge in [0.15, 0.2) is 17.4 Å². The van der Waals surface area contributed by atoms with Crippen LogP contribution in [0.15, 0.2) is 0 Å². The van der Waals surface area contributed by atoms with Crippen LogP contribution in [-0.2, 0) is 13.4 Å². The summed E-state index contributed by atoms with van der Waals surface area (Å²) in [6.07, 6.45) is 0. The molecule has 11 heavy (non-hydrogen) atoms. The van der Waals surface area contributed by atoms with Gasteiger partial charge in [0.2, 0.25) is 0 Å². The molecule has 0 saturated heterocycles. The summed E-state index contributed by atoms with van der Waals surface area (Å²) in [6.45, 7) is 0. The van der Waals surface area contributed by atoms with Gasteiger partial charge in [-0.15, -0.1) is 0 Å². The molecule has 0 heterocycles. The summed E-state index contributed by atoms with van der Waals surface area (Å²) >= 11 is 0. The SMILES string of the molecule is O=P(O)(O)OP(=O)(O)O.[AlH3].[CaH2]. The van der Waals surface area contributed by atoms with E-state index < -0.39 is 15.6 Å². The molecular formula is H9AlCaO7P2. The molecule has 11 heteroatoms. The van der Waals surface area contributed by atoms with Crippen LogP contribution >= 0.6 is 15.6 Å². The molecule has 4 N–H and O–H groups in total. The summed E-state index contributed by atoms with van der Waals surface area (Å²) in [6, 6.07) is 0. The van der Waals surface area contributed by atoms with E-state index in [0.29, 0.717) is 0 Å². The van der Waals surface area contributed by atoms with E-state index in [1.165, 1.54) is 0 Å². The van der Waals surface area contributed by atoms with Gasteiger partial charge in [0.1, 0.15) is 0 Å². The van der Waals surface area contributed by atoms with Crippen LogP contribution in [0.5, 0.6) is 0 Å². The van der Waals surface area contributed by atoms with Crippen molar-refractivity contribution in [3.63, 3.8) is 0 Å². The fourth-order valence-corrected chi connectivity index (χ4v) is 1.25. The van der Waals surface area contributed by atoms with E-state index >= 15 is 0 Å². The van der Waals surface area contributed by atoms with Crippen molar-refractivity contribution in [1.29, 1.82) is 0 Å². The molecule has 0 fully saturated rings. The quantitative estimate of drug-likeness (QED) is 0.306. The third-order valence-corrected chi connectivity index (χ3v) is 1.91. The average molecular weight is 250 g/mol.